The summed E-state index contributed by atoms with van der Waals surface area (Å²) in [5, 5.41) is 0. The molecule has 0 amide bonds. The summed E-state index contributed by atoms with van der Waals surface area (Å²) in [6.07, 6.45) is 1.07. The van der Waals surface area contributed by atoms with Crippen molar-refractivity contribution in [2.24, 2.45) is 5.73 Å². The average Bonchev–Trinajstić information content (AvgIpc) is 2.45. The molecule has 2 aromatic carbocycles. The summed E-state index contributed by atoms with van der Waals surface area (Å²) in [5.41, 5.74) is 8.80. The van der Waals surface area contributed by atoms with E-state index in [0.29, 0.717) is 0 Å². The highest BCUT2D eigenvalue weighted by Crippen LogP contribution is 2.25. The molecule has 0 spiro atoms. The van der Waals surface area contributed by atoms with Gasteiger partial charge in [-0.3, -0.25) is 0 Å². The van der Waals surface area contributed by atoms with Crippen LogP contribution in [0.2, 0.25) is 0 Å². The van der Waals surface area contributed by atoms with E-state index < -0.39 is 0 Å². The number of thioether (sulfide) groups is 1. The zero-order valence-corrected chi connectivity index (χ0v) is 13.4. The van der Waals surface area contributed by atoms with Gasteiger partial charge in [0.05, 0.1) is 0 Å². The highest BCUT2D eigenvalue weighted by molar-refractivity contribution is 9.10. The maximum Gasteiger partial charge on any atom is 0.0390 e. The van der Waals surface area contributed by atoms with Crippen molar-refractivity contribution in [3.8, 4) is 0 Å². The Morgan fingerprint density at radius 1 is 1.16 bits per heavy atom. The van der Waals surface area contributed by atoms with Crippen LogP contribution in [0.1, 0.15) is 24.1 Å². The quantitative estimate of drug-likeness (QED) is 0.794. The van der Waals surface area contributed by atoms with Gasteiger partial charge in [0.2, 0.25) is 0 Å². The fraction of sp³-hybridized carbons (Fsp3) is 0.250. The van der Waals surface area contributed by atoms with Crippen LogP contribution in [0, 0.1) is 0 Å². The van der Waals surface area contributed by atoms with Crippen molar-refractivity contribution >= 4 is 27.7 Å². The van der Waals surface area contributed by atoms with E-state index in [2.05, 4.69) is 59.3 Å². The maximum absolute atomic E-state index is 6.24. The molecule has 0 radical (unpaired) electrons. The molecule has 0 bridgehead atoms. The van der Waals surface area contributed by atoms with E-state index in [-0.39, 0.29) is 6.04 Å². The van der Waals surface area contributed by atoms with Gasteiger partial charge >= 0.3 is 0 Å². The Morgan fingerprint density at radius 2 is 1.89 bits per heavy atom. The Bertz CT molecular complexity index is 525. The maximum atomic E-state index is 6.24. The first-order chi connectivity index (χ1) is 9.19. The van der Waals surface area contributed by atoms with Gasteiger partial charge < -0.3 is 5.73 Å². The molecule has 1 unspecified atom stereocenters. The lowest BCUT2D eigenvalue weighted by Crippen LogP contribution is -2.12. The summed E-state index contributed by atoms with van der Waals surface area (Å²) in [7, 11) is 0. The van der Waals surface area contributed by atoms with Gasteiger partial charge in [0, 0.05) is 21.2 Å². The molecule has 2 aromatic rings. The highest BCUT2D eigenvalue weighted by Gasteiger charge is 2.06. The molecule has 0 aliphatic rings. The summed E-state index contributed by atoms with van der Waals surface area (Å²) >= 11 is 5.28. The van der Waals surface area contributed by atoms with Crippen LogP contribution in [-0.4, -0.2) is 5.75 Å². The molecule has 0 saturated heterocycles. The minimum atomic E-state index is 0.0786. The molecule has 0 fully saturated rings. The smallest absolute Gasteiger partial charge is 0.0390 e. The van der Waals surface area contributed by atoms with Crippen LogP contribution in [0.25, 0.3) is 0 Å². The molecular formula is C16H18BrNS. The van der Waals surface area contributed by atoms with E-state index in [0.717, 1.165) is 16.6 Å². The number of rotatable bonds is 5. The van der Waals surface area contributed by atoms with E-state index >= 15 is 0 Å². The summed E-state index contributed by atoms with van der Waals surface area (Å²) in [5.74, 6) is 0.891. The van der Waals surface area contributed by atoms with Crippen molar-refractivity contribution in [3.63, 3.8) is 0 Å². The zero-order valence-electron chi connectivity index (χ0n) is 11.0. The average molecular weight is 336 g/mol. The minimum Gasteiger partial charge on any atom is -0.323 e. The van der Waals surface area contributed by atoms with Crippen molar-refractivity contribution in [2.45, 2.75) is 24.3 Å². The first-order valence-electron chi connectivity index (χ1n) is 6.42. The predicted molar refractivity (Wildman–Crippen MR) is 87.6 cm³/mol. The fourth-order valence-corrected chi connectivity index (χ4v) is 3.34. The van der Waals surface area contributed by atoms with Crippen LogP contribution in [0.15, 0.2) is 57.9 Å². The van der Waals surface area contributed by atoms with Crippen molar-refractivity contribution in [2.75, 3.05) is 5.75 Å². The zero-order chi connectivity index (χ0) is 13.7. The van der Waals surface area contributed by atoms with Crippen LogP contribution >= 0.6 is 27.7 Å². The van der Waals surface area contributed by atoms with Gasteiger partial charge in [-0.05, 0) is 35.7 Å². The summed E-state index contributed by atoms with van der Waals surface area (Å²) < 4.78 is 1.11. The van der Waals surface area contributed by atoms with E-state index in [1.54, 1.807) is 11.8 Å². The monoisotopic (exact) mass is 335 g/mol. The van der Waals surface area contributed by atoms with Gasteiger partial charge in [-0.15, -0.1) is 11.8 Å². The van der Waals surface area contributed by atoms with Gasteiger partial charge in [0.25, 0.3) is 0 Å². The summed E-state index contributed by atoms with van der Waals surface area (Å²) in [6, 6.07) is 17.0. The van der Waals surface area contributed by atoms with Crippen molar-refractivity contribution in [3.05, 3.63) is 64.1 Å². The second kappa shape index (κ2) is 7.13. The van der Waals surface area contributed by atoms with Crippen LogP contribution < -0.4 is 5.73 Å². The van der Waals surface area contributed by atoms with Crippen LogP contribution in [-0.2, 0) is 6.42 Å². The molecule has 0 aliphatic carbocycles. The number of benzene rings is 2. The van der Waals surface area contributed by atoms with Gasteiger partial charge in [-0.25, -0.2) is 0 Å². The minimum absolute atomic E-state index is 0.0786. The topological polar surface area (TPSA) is 26.0 Å². The van der Waals surface area contributed by atoms with Gasteiger partial charge in [-0.2, -0.15) is 0 Å². The molecule has 0 heterocycles. The molecule has 2 N–H and O–H groups in total. The molecule has 19 heavy (non-hydrogen) atoms. The SMILES string of the molecule is CCc1ccc(C(N)CSc2cccc(Br)c2)cc1. The first kappa shape index (κ1) is 14.6. The lowest BCUT2D eigenvalue weighted by Gasteiger charge is -2.12. The first-order valence-corrected chi connectivity index (χ1v) is 8.19. The van der Waals surface area contributed by atoms with Crippen molar-refractivity contribution < 1.29 is 0 Å². The fourth-order valence-electron chi connectivity index (χ4n) is 1.84. The van der Waals surface area contributed by atoms with Crippen LogP contribution in [0.4, 0.5) is 0 Å². The third kappa shape index (κ3) is 4.37. The normalized spacial score (nSPS) is 12.4. The molecule has 3 heteroatoms. The largest absolute Gasteiger partial charge is 0.323 e. The Labute approximate surface area is 127 Å². The third-order valence-corrected chi connectivity index (χ3v) is 4.65. The molecular weight excluding hydrogens is 318 g/mol. The number of hydrogen-bond acceptors (Lipinski definition) is 2. The van der Waals surface area contributed by atoms with Crippen molar-refractivity contribution in [1.29, 1.82) is 0 Å². The standard InChI is InChI=1S/C16H18BrNS/c1-2-12-6-8-13(9-7-12)16(18)11-19-15-5-3-4-14(17)10-15/h3-10,16H,2,11,18H2,1H3. The number of aryl methyl sites for hydroxylation is 1. The lowest BCUT2D eigenvalue weighted by molar-refractivity contribution is 0.830. The Morgan fingerprint density at radius 3 is 2.53 bits per heavy atom. The number of halogens is 1. The van der Waals surface area contributed by atoms with E-state index in [1.165, 1.54) is 16.0 Å². The molecule has 1 atom stereocenters. The predicted octanol–water partition coefficient (Wildman–Crippen LogP) is 4.80. The Hall–Kier alpha value is -0.770. The lowest BCUT2D eigenvalue weighted by atomic mass is 10.1. The second-order valence-corrected chi connectivity index (χ2v) is 6.48. The molecule has 2 rings (SSSR count). The highest BCUT2D eigenvalue weighted by atomic mass is 79.9. The molecule has 1 nitrogen and oxygen atoms in total. The van der Waals surface area contributed by atoms with Crippen LogP contribution in [0.3, 0.4) is 0 Å². The second-order valence-electron chi connectivity index (χ2n) is 4.47. The van der Waals surface area contributed by atoms with Crippen molar-refractivity contribution in [1.82, 2.24) is 0 Å². The van der Waals surface area contributed by atoms with E-state index in [1.807, 2.05) is 12.1 Å². The number of nitrogens with two attached hydrogens (primary N) is 1. The van der Waals surface area contributed by atoms with Gasteiger partial charge in [0.1, 0.15) is 0 Å². The third-order valence-electron chi connectivity index (χ3n) is 3.04. The summed E-state index contributed by atoms with van der Waals surface area (Å²) in [6.45, 7) is 2.16. The molecule has 100 valence electrons. The molecule has 0 saturated carbocycles. The van der Waals surface area contributed by atoms with Crippen LogP contribution in [0.5, 0.6) is 0 Å². The Balaban J connectivity index is 1.95. The summed E-state index contributed by atoms with van der Waals surface area (Å²) in [4.78, 5) is 1.25. The van der Waals surface area contributed by atoms with Gasteiger partial charge in [0.15, 0.2) is 0 Å². The molecule has 0 aromatic heterocycles. The molecule has 0 aliphatic heterocycles. The Kier molecular flexibility index (Phi) is 5.49. The van der Waals surface area contributed by atoms with Gasteiger partial charge in [-0.1, -0.05) is 53.2 Å². The van der Waals surface area contributed by atoms with E-state index in [9.17, 15) is 0 Å². The number of hydrogen-bond donors (Lipinski definition) is 1. The van der Waals surface area contributed by atoms with E-state index in [4.69, 9.17) is 5.73 Å².